The maximum Gasteiger partial charge on any atom is 0.230 e. The summed E-state index contributed by atoms with van der Waals surface area (Å²) in [4.78, 5) is 17.8. The summed E-state index contributed by atoms with van der Waals surface area (Å²) in [6, 6.07) is 9.99. The van der Waals surface area contributed by atoms with Gasteiger partial charge >= 0.3 is 0 Å². The molecule has 6 heteroatoms. The molecule has 1 saturated carbocycles. The van der Waals surface area contributed by atoms with Crippen LogP contribution in [0.25, 0.3) is 0 Å². The van der Waals surface area contributed by atoms with Crippen molar-refractivity contribution in [3.05, 3.63) is 40.1 Å². The largest absolute Gasteiger partial charge is 0.486 e. The van der Waals surface area contributed by atoms with Crippen LogP contribution in [0, 0.1) is 18.8 Å². The number of hydrogen-bond acceptors (Lipinski definition) is 5. The molecule has 1 amide bonds. The van der Waals surface area contributed by atoms with E-state index in [0.29, 0.717) is 32.1 Å². The van der Waals surface area contributed by atoms with E-state index in [9.17, 15) is 4.79 Å². The van der Waals surface area contributed by atoms with Gasteiger partial charge in [-0.1, -0.05) is 6.42 Å². The molecule has 144 valence electrons. The van der Waals surface area contributed by atoms with Gasteiger partial charge in [0.2, 0.25) is 5.91 Å². The summed E-state index contributed by atoms with van der Waals surface area (Å²) in [6.07, 6.45) is 3.04. The molecule has 2 N–H and O–H groups in total. The van der Waals surface area contributed by atoms with Crippen molar-refractivity contribution in [1.29, 1.82) is 0 Å². The second-order valence-corrected chi connectivity index (χ2v) is 8.67. The van der Waals surface area contributed by atoms with Crippen LogP contribution in [-0.2, 0) is 11.3 Å². The number of anilines is 1. The minimum atomic E-state index is 0.00394. The zero-order valence-corrected chi connectivity index (χ0v) is 16.5. The summed E-state index contributed by atoms with van der Waals surface area (Å²) < 4.78 is 11.4. The van der Waals surface area contributed by atoms with Crippen LogP contribution in [0.5, 0.6) is 11.5 Å². The van der Waals surface area contributed by atoms with Crippen molar-refractivity contribution in [1.82, 2.24) is 0 Å². The first-order chi connectivity index (χ1) is 13.2. The molecule has 2 aliphatic rings. The minimum absolute atomic E-state index is 0.00394. The van der Waals surface area contributed by atoms with Crippen LogP contribution in [-0.4, -0.2) is 25.7 Å². The van der Waals surface area contributed by atoms with E-state index in [2.05, 4.69) is 19.1 Å². The highest BCUT2D eigenvalue weighted by molar-refractivity contribution is 7.11. The summed E-state index contributed by atoms with van der Waals surface area (Å²) in [5.41, 5.74) is 6.80. The first-order valence-electron chi connectivity index (χ1n) is 9.62. The summed E-state index contributed by atoms with van der Waals surface area (Å²) in [7, 11) is 0. The van der Waals surface area contributed by atoms with Gasteiger partial charge in [-0.25, -0.2) is 0 Å². The van der Waals surface area contributed by atoms with Crippen molar-refractivity contribution in [3.8, 4) is 11.5 Å². The number of aryl methyl sites for hydroxylation is 1. The zero-order chi connectivity index (χ0) is 18.8. The number of amides is 1. The summed E-state index contributed by atoms with van der Waals surface area (Å²) in [5, 5.41) is 0. The van der Waals surface area contributed by atoms with Crippen LogP contribution in [0.1, 0.15) is 29.0 Å². The van der Waals surface area contributed by atoms with Gasteiger partial charge in [0.1, 0.15) is 13.2 Å². The van der Waals surface area contributed by atoms with E-state index in [-0.39, 0.29) is 17.7 Å². The second-order valence-electron chi connectivity index (χ2n) is 7.30. The standard InChI is InChI=1S/C21H26N2O3S/c1-14-5-7-17(27-14)13-23(21(24)18-4-2-3-15(18)12-22)16-6-8-19-20(11-16)26-10-9-25-19/h5-8,11,15,18H,2-4,9-10,12-13,22H2,1H3/t15-,18-/m1/s1. The number of hydrogen-bond donors (Lipinski definition) is 1. The van der Waals surface area contributed by atoms with Crippen molar-refractivity contribution in [3.63, 3.8) is 0 Å². The third-order valence-electron chi connectivity index (χ3n) is 5.49. The highest BCUT2D eigenvalue weighted by atomic mass is 32.1. The van der Waals surface area contributed by atoms with Gasteiger partial charge in [-0.05, 0) is 56.5 Å². The van der Waals surface area contributed by atoms with Crippen molar-refractivity contribution < 1.29 is 14.3 Å². The van der Waals surface area contributed by atoms with E-state index < -0.39 is 0 Å². The van der Waals surface area contributed by atoms with Gasteiger partial charge in [0.05, 0.1) is 6.54 Å². The van der Waals surface area contributed by atoms with Crippen molar-refractivity contribution in [2.24, 2.45) is 17.6 Å². The van der Waals surface area contributed by atoms with E-state index in [1.165, 1.54) is 9.75 Å². The maximum atomic E-state index is 13.5. The fourth-order valence-electron chi connectivity index (χ4n) is 4.07. The average molecular weight is 387 g/mol. The van der Waals surface area contributed by atoms with E-state index in [1.54, 1.807) is 11.3 Å². The molecule has 0 unspecified atom stereocenters. The number of ether oxygens (including phenoxy) is 2. The molecule has 1 aromatic heterocycles. The van der Waals surface area contributed by atoms with Gasteiger partial charge in [0, 0.05) is 27.4 Å². The molecule has 27 heavy (non-hydrogen) atoms. The average Bonchev–Trinajstić information content (AvgIpc) is 3.33. The molecule has 0 spiro atoms. The van der Waals surface area contributed by atoms with Crippen LogP contribution in [0.2, 0.25) is 0 Å². The highest BCUT2D eigenvalue weighted by Crippen LogP contribution is 2.38. The Kier molecular flexibility index (Phi) is 5.36. The highest BCUT2D eigenvalue weighted by Gasteiger charge is 2.35. The molecule has 1 aromatic carbocycles. The maximum absolute atomic E-state index is 13.5. The van der Waals surface area contributed by atoms with Gasteiger partial charge in [0.15, 0.2) is 11.5 Å². The first kappa shape index (κ1) is 18.3. The van der Waals surface area contributed by atoms with Gasteiger partial charge in [-0.3, -0.25) is 4.79 Å². The summed E-state index contributed by atoms with van der Waals surface area (Å²) in [6.45, 7) is 4.33. The Morgan fingerprint density at radius 1 is 1.19 bits per heavy atom. The lowest BCUT2D eigenvalue weighted by Crippen LogP contribution is -2.38. The van der Waals surface area contributed by atoms with E-state index >= 15 is 0 Å². The van der Waals surface area contributed by atoms with Gasteiger partial charge in [-0.2, -0.15) is 0 Å². The number of carbonyl (C=O) groups excluding carboxylic acids is 1. The minimum Gasteiger partial charge on any atom is -0.486 e. The smallest absolute Gasteiger partial charge is 0.230 e. The Hall–Kier alpha value is -2.05. The number of fused-ring (bicyclic) bond motifs is 1. The Labute approximate surface area is 164 Å². The molecular weight excluding hydrogens is 360 g/mol. The Morgan fingerprint density at radius 2 is 2.00 bits per heavy atom. The zero-order valence-electron chi connectivity index (χ0n) is 15.6. The van der Waals surface area contributed by atoms with Crippen LogP contribution in [0.3, 0.4) is 0 Å². The van der Waals surface area contributed by atoms with Gasteiger partial charge < -0.3 is 20.1 Å². The fourth-order valence-corrected chi connectivity index (χ4v) is 4.95. The van der Waals surface area contributed by atoms with Crippen LogP contribution < -0.4 is 20.1 Å². The molecule has 0 bridgehead atoms. The second kappa shape index (κ2) is 7.90. The Balaban J connectivity index is 1.66. The molecule has 1 aliphatic heterocycles. The molecule has 5 nitrogen and oxygen atoms in total. The molecule has 0 radical (unpaired) electrons. The number of carbonyl (C=O) groups is 1. The van der Waals surface area contributed by atoms with Gasteiger partial charge in [0.25, 0.3) is 0 Å². The Bertz CT molecular complexity index is 820. The van der Waals surface area contributed by atoms with Crippen LogP contribution in [0.15, 0.2) is 30.3 Å². The number of benzene rings is 1. The normalized spacial score (nSPS) is 21.3. The van der Waals surface area contributed by atoms with E-state index in [1.807, 2.05) is 23.1 Å². The summed E-state index contributed by atoms with van der Waals surface area (Å²) in [5.74, 6) is 1.91. The van der Waals surface area contributed by atoms with Crippen LogP contribution >= 0.6 is 11.3 Å². The molecule has 2 aromatic rings. The molecule has 0 saturated heterocycles. The van der Waals surface area contributed by atoms with Gasteiger partial charge in [-0.15, -0.1) is 11.3 Å². The third kappa shape index (κ3) is 3.82. The summed E-state index contributed by atoms with van der Waals surface area (Å²) >= 11 is 1.73. The SMILES string of the molecule is Cc1ccc(CN(C(=O)[C@@H]2CCC[C@@H]2CN)c2ccc3c(c2)OCCO3)s1. The van der Waals surface area contributed by atoms with Crippen molar-refractivity contribution >= 4 is 22.9 Å². The molecule has 2 heterocycles. The lowest BCUT2D eigenvalue weighted by Gasteiger charge is -2.29. The molecule has 4 rings (SSSR count). The Morgan fingerprint density at radius 3 is 2.74 bits per heavy atom. The van der Waals surface area contributed by atoms with Crippen LogP contribution in [0.4, 0.5) is 5.69 Å². The molecule has 1 aliphatic carbocycles. The topological polar surface area (TPSA) is 64.8 Å². The quantitative estimate of drug-likeness (QED) is 0.850. The number of thiophene rings is 1. The predicted octanol–water partition coefficient (Wildman–Crippen LogP) is 3.74. The van der Waals surface area contributed by atoms with Crippen molar-refractivity contribution in [2.75, 3.05) is 24.7 Å². The predicted molar refractivity (Wildman–Crippen MR) is 108 cm³/mol. The fraction of sp³-hybridized carbons (Fsp3) is 0.476. The number of rotatable bonds is 5. The first-order valence-corrected chi connectivity index (χ1v) is 10.4. The van der Waals surface area contributed by atoms with E-state index in [4.69, 9.17) is 15.2 Å². The molecule has 1 fully saturated rings. The van der Waals surface area contributed by atoms with Crippen molar-refractivity contribution in [2.45, 2.75) is 32.7 Å². The van der Waals surface area contributed by atoms with E-state index in [0.717, 1.165) is 30.7 Å². The molecular formula is C21H26N2O3S. The monoisotopic (exact) mass is 386 g/mol. The lowest BCUT2D eigenvalue weighted by atomic mass is 9.94. The third-order valence-corrected chi connectivity index (χ3v) is 6.48. The lowest BCUT2D eigenvalue weighted by molar-refractivity contribution is -0.123. The molecule has 2 atom stereocenters. The number of nitrogens with zero attached hydrogens (tertiary/aromatic N) is 1. The number of nitrogens with two attached hydrogens (primary N) is 1.